The smallest absolute Gasteiger partial charge is 0.226 e. The van der Waals surface area contributed by atoms with Crippen LogP contribution in [0.5, 0.6) is 0 Å². The highest BCUT2D eigenvalue weighted by Gasteiger charge is 2.13. The number of thiazole rings is 1. The zero-order valence-corrected chi connectivity index (χ0v) is 14.3. The summed E-state index contributed by atoms with van der Waals surface area (Å²) in [7, 11) is 1.72. The van der Waals surface area contributed by atoms with Gasteiger partial charge in [0.1, 0.15) is 10.8 Å². The summed E-state index contributed by atoms with van der Waals surface area (Å²) in [5.74, 6) is 0.217. The van der Waals surface area contributed by atoms with Crippen LogP contribution >= 0.6 is 11.3 Å². The van der Waals surface area contributed by atoms with Crippen molar-refractivity contribution < 1.29 is 9.59 Å². The summed E-state index contributed by atoms with van der Waals surface area (Å²) in [6.45, 7) is 4.32. The van der Waals surface area contributed by atoms with Crippen molar-refractivity contribution in [2.75, 3.05) is 12.4 Å². The van der Waals surface area contributed by atoms with E-state index in [4.69, 9.17) is 0 Å². The third kappa shape index (κ3) is 5.45. The molecule has 0 aliphatic heterocycles. The van der Waals surface area contributed by atoms with Crippen LogP contribution in [0.15, 0.2) is 23.7 Å². The Morgan fingerprint density at radius 2 is 2.09 bits per heavy atom. The lowest BCUT2D eigenvalue weighted by atomic mass is 10.2. The summed E-state index contributed by atoms with van der Waals surface area (Å²) in [5.41, 5.74) is 1.97. The summed E-state index contributed by atoms with van der Waals surface area (Å²) >= 11 is 1.53. The van der Waals surface area contributed by atoms with Crippen LogP contribution in [0.4, 0.5) is 5.82 Å². The third-order valence-electron chi connectivity index (χ3n) is 3.21. The SMILES string of the molecule is Cc1ccnc(NC(=O)CCC(=O)N(C)Cc2nc(C)cs2)c1. The van der Waals surface area contributed by atoms with Crippen LogP contribution < -0.4 is 5.32 Å². The maximum absolute atomic E-state index is 12.1. The molecule has 2 aromatic rings. The van der Waals surface area contributed by atoms with Crippen molar-refractivity contribution in [2.24, 2.45) is 0 Å². The van der Waals surface area contributed by atoms with Crippen molar-refractivity contribution in [3.05, 3.63) is 40.0 Å². The maximum Gasteiger partial charge on any atom is 0.226 e. The molecule has 0 aromatic carbocycles. The number of hydrogen-bond donors (Lipinski definition) is 1. The highest BCUT2D eigenvalue weighted by molar-refractivity contribution is 7.09. The second kappa shape index (κ2) is 7.82. The number of rotatable bonds is 6. The predicted octanol–water partition coefficient (Wildman–Crippen LogP) is 2.53. The van der Waals surface area contributed by atoms with Crippen molar-refractivity contribution in [1.82, 2.24) is 14.9 Å². The lowest BCUT2D eigenvalue weighted by Gasteiger charge is -2.15. The molecule has 0 unspecified atom stereocenters. The lowest BCUT2D eigenvalue weighted by Crippen LogP contribution is -2.27. The van der Waals surface area contributed by atoms with Crippen LogP contribution in [0.1, 0.15) is 29.1 Å². The molecule has 122 valence electrons. The predicted molar refractivity (Wildman–Crippen MR) is 90.2 cm³/mol. The Balaban J connectivity index is 1.77. The zero-order valence-electron chi connectivity index (χ0n) is 13.5. The maximum atomic E-state index is 12.1. The van der Waals surface area contributed by atoms with Crippen LogP contribution in [0.3, 0.4) is 0 Å². The molecular weight excluding hydrogens is 312 g/mol. The zero-order chi connectivity index (χ0) is 16.8. The number of aromatic nitrogens is 2. The van der Waals surface area contributed by atoms with E-state index in [9.17, 15) is 9.59 Å². The highest BCUT2D eigenvalue weighted by Crippen LogP contribution is 2.12. The van der Waals surface area contributed by atoms with Crippen LogP contribution in [0.2, 0.25) is 0 Å². The van der Waals surface area contributed by atoms with Gasteiger partial charge in [-0.2, -0.15) is 0 Å². The molecule has 1 N–H and O–H groups in total. The van der Waals surface area contributed by atoms with Crippen LogP contribution in [0, 0.1) is 13.8 Å². The summed E-state index contributed by atoms with van der Waals surface area (Å²) < 4.78 is 0. The largest absolute Gasteiger partial charge is 0.339 e. The molecule has 0 radical (unpaired) electrons. The van der Waals surface area contributed by atoms with Gasteiger partial charge >= 0.3 is 0 Å². The molecule has 0 aliphatic carbocycles. The number of carbonyl (C=O) groups excluding carboxylic acids is 2. The average Bonchev–Trinajstić information content (AvgIpc) is 2.90. The molecule has 0 atom stereocenters. The van der Waals surface area contributed by atoms with E-state index in [0.717, 1.165) is 16.3 Å². The van der Waals surface area contributed by atoms with Crippen LogP contribution in [-0.4, -0.2) is 33.7 Å². The molecule has 2 aromatic heterocycles. The van der Waals surface area contributed by atoms with Crippen LogP contribution in [0.25, 0.3) is 0 Å². The monoisotopic (exact) mass is 332 g/mol. The molecule has 0 saturated heterocycles. The minimum atomic E-state index is -0.213. The first-order chi connectivity index (χ1) is 10.9. The summed E-state index contributed by atoms with van der Waals surface area (Å²) in [6.07, 6.45) is 1.94. The Bertz CT molecular complexity index is 699. The number of aryl methyl sites for hydroxylation is 2. The van der Waals surface area contributed by atoms with Gasteiger partial charge in [0, 0.05) is 37.2 Å². The molecule has 2 heterocycles. The van der Waals surface area contributed by atoms with Gasteiger partial charge in [-0.25, -0.2) is 9.97 Å². The number of carbonyl (C=O) groups is 2. The first-order valence-corrected chi connectivity index (χ1v) is 8.19. The topological polar surface area (TPSA) is 75.2 Å². The van der Waals surface area contributed by atoms with Gasteiger partial charge in [0.2, 0.25) is 11.8 Å². The Labute approximate surface area is 139 Å². The van der Waals surface area contributed by atoms with Gasteiger partial charge in [0.25, 0.3) is 0 Å². The number of nitrogens with one attached hydrogen (secondary N) is 1. The van der Waals surface area contributed by atoms with Gasteiger partial charge < -0.3 is 10.2 Å². The van der Waals surface area contributed by atoms with E-state index in [-0.39, 0.29) is 24.7 Å². The van der Waals surface area contributed by atoms with E-state index in [1.807, 2.05) is 25.3 Å². The van der Waals surface area contributed by atoms with Gasteiger partial charge in [-0.3, -0.25) is 9.59 Å². The summed E-state index contributed by atoms with van der Waals surface area (Å²) in [4.78, 5) is 33.9. The Morgan fingerprint density at radius 1 is 1.30 bits per heavy atom. The second-order valence-corrected chi connectivity index (χ2v) is 6.34. The fourth-order valence-electron chi connectivity index (χ4n) is 1.99. The van der Waals surface area contributed by atoms with E-state index in [1.165, 1.54) is 11.3 Å². The number of anilines is 1. The minimum absolute atomic E-state index is 0.0785. The second-order valence-electron chi connectivity index (χ2n) is 5.40. The fourth-order valence-corrected chi connectivity index (χ4v) is 2.81. The normalized spacial score (nSPS) is 10.4. The van der Waals surface area contributed by atoms with Crippen molar-refractivity contribution in [1.29, 1.82) is 0 Å². The number of pyridine rings is 1. The minimum Gasteiger partial charge on any atom is -0.339 e. The molecule has 0 fully saturated rings. The van der Waals surface area contributed by atoms with E-state index in [2.05, 4.69) is 15.3 Å². The lowest BCUT2D eigenvalue weighted by molar-refractivity contribution is -0.132. The van der Waals surface area contributed by atoms with Crippen LogP contribution in [-0.2, 0) is 16.1 Å². The standard InChI is InChI=1S/C16H20N4O2S/c1-11-6-7-17-13(8-11)19-14(21)4-5-16(22)20(3)9-15-18-12(2)10-23-15/h6-8,10H,4-5,9H2,1-3H3,(H,17,19,21). The quantitative estimate of drug-likeness (QED) is 0.882. The number of hydrogen-bond acceptors (Lipinski definition) is 5. The molecule has 23 heavy (non-hydrogen) atoms. The van der Waals surface area contributed by atoms with E-state index in [1.54, 1.807) is 24.2 Å². The van der Waals surface area contributed by atoms with E-state index < -0.39 is 0 Å². The van der Waals surface area contributed by atoms with Gasteiger partial charge in [0.05, 0.1) is 6.54 Å². The van der Waals surface area contributed by atoms with Crippen molar-refractivity contribution in [3.63, 3.8) is 0 Å². The molecular formula is C16H20N4O2S. The summed E-state index contributed by atoms with van der Waals surface area (Å²) in [6, 6.07) is 3.64. The highest BCUT2D eigenvalue weighted by atomic mass is 32.1. The van der Waals surface area contributed by atoms with E-state index in [0.29, 0.717) is 12.4 Å². The molecule has 7 heteroatoms. The molecule has 2 amide bonds. The van der Waals surface area contributed by atoms with Gasteiger partial charge in [-0.05, 0) is 31.5 Å². The van der Waals surface area contributed by atoms with Gasteiger partial charge in [-0.15, -0.1) is 11.3 Å². The molecule has 0 spiro atoms. The fraction of sp³-hybridized carbons (Fsp3) is 0.375. The molecule has 2 rings (SSSR count). The Hall–Kier alpha value is -2.28. The average molecular weight is 332 g/mol. The molecule has 0 bridgehead atoms. The first-order valence-electron chi connectivity index (χ1n) is 7.31. The number of nitrogens with zero attached hydrogens (tertiary/aromatic N) is 3. The van der Waals surface area contributed by atoms with Gasteiger partial charge in [0.15, 0.2) is 0 Å². The first kappa shape index (κ1) is 17.1. The molecule has 0 aliphatic rings. The summed E-state index contributed by atoms with van der Waals surface area (Å²) in [5, 5.41) is 5.55. The molecule has 0 saturated carbocycles. The molecule has 6 nitrogen and oxygen atoms in total. The number of amides is 2. The Morgan fingerprint density at radius 3 is 2.74 bits per heavy atom. The van der Waals surface area contributed by atoms with Crippen molar-refractivity contribution in [2.45, 2.75) is 33.2 Å². The Kier molecular flexibility index (Phi) is 5.81. The van der Waals surface area contributed by atoms with Crippen molar-refractivity contribution in [3.8, 4) is 0 Å². The van der Waals surface area contributed by atoms with Crippen molar-refractivity contribution >= 4 is 29.0 Å². The van der Waals surface area contributed by atoms with E-state index >= 15 is 0 Å². The van der Waals surface area contributed by atoms with Gasteiger partial charge in [-0.1, -0.05) is 0 Å². The third-order valence-corrected chi connectivity index (χ3v) is 4.17.